The van der Waals surface area contributed by atoms with E-state index in [1.807, 2.05) is 13.0 Å². The SMILES string of the molecule is CCNC(=O)c1cc2c(-c3sc(C(C)(C)O)cc3OCC3CCCN3C)cn(C)c(=O)c2[nH]1. The Bertz CT molecular complexity index is 1230. The van der Waals surface area contributed by atoms with Crippen LogP contribution in [-0.4, -0.2) is 58.3 Å². The molecule has 1 aliphatic rings. The van der Waals surface area contributed by atoms with Crippen molar-refractivity contribution >= 4 is 28.1 Å². The van der Waals surface area contributed by atoms with Crippen LogP contribution in [0.25, 0.3) is 21.3 Å². The van der Waals surface area contributed by atoms with E-state index in [0.717, 1.165) is 34.7 Å². The summed E-state index contributed by atoms with van der Waals surface area (Å²) in [4.78, 5) is 32.2. The van der Waals surface area contributed by atoms with E-state index in [4.69, 9.17) is 4.74 Å². The minimum atomic E-state index is -1.03. The van der Waals surface area contributed by atoms with Crippen LogP contribution in [0.4, 0.5) is 0 Å². The molecular formula is C24H32N4O4S. The highest BCUT2D eigenvalue weighted by atomic mass is 32.1. The second-order valence-electron chi connectivity index (χ2n) is 9.24. The van der Waals surface area contributed by atoms with Crippen molar-refractivity contribution in [1.29, 1.82) is 0 Å². The van der Waals surface area contributed by atoms with E-state index in [0.29, 0.717) is 41.5 Å². The van der Waals surface area contributed by atoms with Gasteiger partial charge in [0.15, 0.2) is 0 Å². The van der Waals surface area contributed by atoms with E-state index in [-0.39, 0.29) is 11.5 Å². The van der Waals surface area contributed by atoms with Crippen molar-refractivity contribution in [1.82, 2.24) is 19.8 Å². The Hall–Kier alpha value is -2.62. The average molecular weight is 473 g/mol. The van der Waals surface area contributed by atoms with Gasteiger partial charge in [-0.25, -0.2) is 0 Å². The molecule has 178 valence electrons. The van der Waals surface area contributed by atoms with Crippen LogP contribution >= 0.6 is 11.3 Å². The lowest BCUT2D eigenvalue weighted by Gasteiger charge is -2.20. The third-order valence-electron chi connectivity index (χ3n) is 6.20. The molecule has 3 N–H and O–H groups in total. The summed E-state index contributed by atoms with van der Waals surface area (Å²) in [6.45, 7) is 7.45. The Morgan fingerprint density at radius 1 is 1.36 bits per heavy atom. The van der Waals surface area contributed by atoms with Crippen LogP contribution in [0, 0.1) is 0 Å². The van der Waals surface area contributed by atoms with Crippen LogP contribution in [0.5, 0.6) is 5.75 Å². The van der Waals surface area contributed by atoms with Crippen LogP contribution < -0.4 is 15.6 Å². The van der Waals surface area contributed by atoms with Crippen molar-refractivity contribution in [2.75, 3.05) is 26.7 Å². The standard InChI is InChI=1S/C24H32N4O4S/c1-6-25-22(29)17-10-15-16(12-28(5)23(30)20(15)26-17)21-18(11-19(33-21)24(2,3)31)32-13-14-8-7-9-27(14)4/h10-12,14,26,31H,6-9,13H2,1-5H3,(H,25,29). The molecule has 9 heteroatoms. The number of nitrogens with one attached hydrogen (secondary N) is 2. The molecule has 1 atom stereocenters. The highest BCUT2D eigenvalue weighted by Crippen LogP contribution is 2.44. The Kier molecular flexibility index (Phi) is 6.39. The first kappa shape index (κ1) is 23.5. The Labute approximate surface area is 197 Å². The van der Waals surface area contributed by atoms with Crippen molar-refractivity contribution in [2.24, 2.45) is 7.05 Å². The number of ether oxygens (including phenoxy) is 1. The minimum absolute atomic E-state index is 0.210. The van der Waals surface area contributed by atoms with Crippen LogP contribution in [0.1, 0.15) is 49.0 Å². The number of carbonyl (C=O) groups excluding carboxylic acids is 1. The van der Waals surface area contributed by atoms with Crippen LogP contribution in [0.3, 0.4) is 0 Å². The molecule has 8 nitrogen and oxygen atoms in total. The molecule has 0 bridgehead atoms. The van der Waals surface area contributed by atoms with Crippen LogP contribution in [0.2, 0.25) is 0 Å². The number of likely N-dealkylation sites (tertiary alicyclic amines) is 1. The highest BCUT2D eigenvalue weighted by molar-refractivity contribution is 7.16. The minimum Gasteiger partial charge on any atom is -0.490 e. The van der Waals surface area contributed by atoms with E-state index < -0.39 is 5.60 Å². The molecule has 0 saturated carbocycles. The summed E-state index contributed by atoms with van der Waals surface area (Å²) in [7, 11) is 3.80. The van der Waals surface area contributed by atoms with Gasteiger partial charge in [-0.15, -0.1) is 11.3 Å². The highest BCUT2D eigenvalue weighted by Gasteiger charge is 2.27. The number of carbonyl (C=O) groups is 1. The van der Waals surface area contributed by atoms with E-state index in [1.165, 1.54) is 15.9 Å². The number of likely N-dealkylation sites (N-methyl/N-ethyl adjacent to an activating group) is 1. The zero-order chi connectivity index (χ0) is 23.9. The molecule has 3 aromatic rings. The average Bonchev–Trinajstić information content (AvgIpc) is 3.47. The van der Waals surface area contributed by atoms with Gasteiger partial charge < -0.3 is 29.6 Å². The van der Waals surface area contributed by atoms with Gasteiger partial charge in [0.2, 0.25) is 0 Å². The van der Waals surface area contributed by atoms with Gasteiger partial charge in [0, 0.05) is 41.7 Å². The molecule has 0 radical (unpaired) electrons. The molecule has 0 aliphatic carbocycles. The van der Waals surface area contributed by atoms with Crippen molar-refractivity contribution in [3.63, 3.8) is 0 Å². The smallest absolute Gasteiger partial charge is 0.274 e. The van der Waals surface area contributed by atoms with Gasteiger partial charge in [0.05, 0.1) is 10.5 Å². The summed E-state index contributed by atoms with van der Waals surface area (Å²) in [5.41, 5.74) is 0.254. The number of H-pyrrole nitrogens is 1. The van der Waals surface area contributed by atoms with Crippen molar-refractivity contribution in [3.05, 3.63) is 39.3 Å². The summed E-state index contributed by atoms with van der Waals surface area (Å²) in [5.74, 6) is 0.420. The summed E-state index contributed by atoms with van der Waals surface area (Å²) in [6, 6.07) is 3.96. The summed E-state index contributed by atoms with van der Waals surface area (Å²) < 4.78 is 7.82. The fourth-order valence-electron chi connectivity index (χ4n) is 4.24. The van der Waals surface area contributed by atoms with Gasteiger partial charge >= 0.3 is 0 Å². The lowest BCUT2D eigenvalue weighted by atomic mass is 10.1. The van der Waals surface area contributed by atoms with E-state index >= 15 is 0 Å². The van der Waals surface area contributed by atoms with Crippen molar-refractivity contribution < 1.29 is 14.6 Å². The maximum absolute atomic E-state index is 12.8. The molecule has 1 saturated heterocycles. The number of thiophene rings is 1. The van der Waals surface area contributed by atoms with Gasteiger partial charge in [-0.3, -0.25) is 9.59 Å². The Morgan fingerprint density at radius 3 is 2.76 bits per heavy atom. The maximum atomic E-state index is 12.8. The second kappa shape index (κ2) is 8.96. The molecule has 1 amide bonds. The Morgan fingerprint density at radius 2 is 2.12 bits per heavy atom. The molecule has 1 aliphatic heterocycles. The number of nitrogens with zero attached hydrogens (tertiary/aromatic N) is 2. The number of rotatable bonds is 7. The number of aromatic nitrogens is 2. The van der Waals surface area contributed by atoms with E-state index in [2.05, 4.69) is 22.2 Å². The number of aromatic amines is 1. The topological polar surface area (TPSA) is 99.6 Å². The zero-order valence-electron chi connectivity index (χ0n) is 19.8. The fraction of sp³-hybridized carbons (Fsp3) is 0.500. The monoisotopic (exact) mass is 472 g/mol. The van der Waals surface area contributed by atoms with E-state index in [9.17, 15) is 14.7 Å². The van der Waals surface area contributed by atoms with Crippen molar-refractivity contribution in [3.8, 4) is 16.2 Å². The van der Waals surface area contributed by atoms with Gasteiger partial charge in [-0.05, 0) is 59.3 Å². The number of aryl methyl sites for hydroxylation is 1. The zero-order valence-corrected chi connectivity index (χ0v) is 20.6. The molecule has 3 aromatic heterocycles. The maximum Gasteiger partial charge on any atom is 0.274 e. The van der Waals surface area contributed by atoms with E-state index in [1.54, 1.807) is 33.2 Å². The van der Waals surface area contributed by atoms with Crippen LogP contribution in [-0.2, 0) is 12.6 Å². The lowest BCUT2D eigenvalue weighted by Crippen LogP contribution is -2.30. The number of pyridine rings is 1. The molecule has 0 spiro atoms. The predicted molar refractivity (Wildman–Crippen MR) is 131 cm³/mol. The molecule has 4 rings (SSSR count). The van der Waals surface area contributed by atoms with Gasteiger partial charge in [-0.1, -0.05) is 0 Å². The first-order valence-corrected chi connectivity index (χ1v) is 12.1. The number of hydrogen-bond donors (Lipinski definition) is 3. The normalized spacial score (nSPS) is 17.1. The van der Waals surface area contributed by atoms with Crippen LogP contribution in [0.15, 0.2) is 23.1 Å². The van der Waals surface area contributed by atoms with Crippen molar-refractivity contribution in [2.45, 2.75) is 45.3 Å². The molecule has 1 fully saturated rings. The fourth-order valence-corrected chi connectivity index (χ4v) is 5.37. The molecule has 1 unspecified atom stereocenters. The van der Waals surface area contributed by atoms with Gasteiger partial charge in [-0.2, -0.15) is 0 Å². The molecule has 33 heavy (non-hydrogen) atoms. The third-order valence-corrected chi connectivity index (χ3v) is 7.66. The third kappa shape index (κ3) is 4.58. The Balaban J connectivity index is 1.83. The summed E-state index contributed by atoms with van der Waals surface area (Å²) in [6.07, 6.45) is 4.02. The second-order valence-corrected chi connectivity index (χ2v) is 10.3. The number of hydrogen-bond acceptors (Lipinski definition) is 6. The first-order valence-electron chi connectivity index (χ1n) is 11.3. The van der Waals surface area contributed by atoms with Gasteiger partial charge in [0.25, 0.3) is 11.5 Å². The summed E-state index contributed by atoms with van der Waals surface area (Å²) >= 11 is 1.44. The first-order chi connectivity index (χ1) is 15.6. The summed E-state index contributed by atoms with van der Waals surface area (Å²) in [5, 5.41) is 14.1. The largest absolute Gasteiger partial charge is 0.490 e. The quantitative estimate of drug-likeness (QED) is 0.491. The number of amides is 1. The molecule has 4 heterocycles. The molecular weight excluding hydrogens is 440 g/mol. The predicted octanol–water partition coefficient (Wildman–Crippen LogP) is 3.05. The lowest BCUT2D eigenvalue weighted by molar-refractivity contribution is 0.0822. The molecule has 0 aromatic carbocycles. The van der Waals surface area contributed by atoms with Gasteiger partial charge in [0.1, 0.15) is 23.6 Å². The number of fused-ring (bicyclic) bond motifs is 1. The number of aliphatic hydroxyl groups is 1.